The van der Waals surface area contributed by atoms with Gasteiger partial charge >= 0.3 is 0 Å². The average molecular weight is 203 g/mol. The highest BCUT2D eigenvalue weighted by Gasteiger charge is 1.80. The van der Waals surface area contributed by atoms with E-state index in [-0.39, 0.29) is 0 Å². The zero-order chi connectivity index (χ0) is 10.9. The van der Waals surface area contributed by atoms with Crippen LogP contribution in [0.1, 0.15) is 20.8 Å². The summed E-state index contributed by atoms with van der Waals surface area (Å²) in [6.45, 7) is 13.6. The number of methoxy groups -OCH3 is 1. The third kappa shape index (κ3) is 14.3. The van der Waals surface area contributed by atoms with E-state index < -0.39 is 0 Å². The molecule has 1 nitrogen and oxygen atoms in total. The molecular formula is C11H19ClO. The molecule has 0 aliphatic heterocycles. The number of allylic oxidation sites excluding steroid dienone is 3. The molecule has 13 heavy (non-hydrogen) atoms. The second kappa shape index (κ2) is 9.56. The normalized spacial score (nSPS) is 10.1. The molecule has 0 spiro atoms. The molecule has 0 aromatic rings. The number of hydrogen-bond donors (Lipinski definition) is 0. The Kier molecular flexibility index (Phi) is 11.0. The lowest BCUT2D eigenvalue weighted by Crippen LogP contribution is -1.87. The number of halogens is 1. The van der Waals surface area contributed by atoms with E-state index in [2.05, 4.69) is 13.2 Å². The van der Waals surface area contributed by atoms with Crippen LogP contribution in [0.4, 0.5) is 0 Å². The van der Waals surface area contributed by atoms with Crippen molar-refractivity contribution in [2.24, 2.45) is 0 Å². The topological polar surface area (TPSA) is 9.23 Å². The van der Waals surface area contributed by atoms with Gasteiger partial charge in [0.1, 0.15) is 0 Å². The van der Waals surface area contributed by atoms with Crippen LogP contribution in [-0.2, 0) is 4.74 Å². The molecule has 0 aliphatic carbocycles. The van der Waals surface area contributed by atoms with Gasteiger partial charge in [0.05, 0.1) is 6.61 Å². The van der Waals surface area contributed by atoms with Crippen molar-refractivity contribution in [3.05, 3.63) is 35.4 Å². The molecule has 0 heterocycles. The first-order valence-electron chi connectivity index (χ1n) is 4.06. The van der Waals surface area contributed by atoms with Gasteiger partial charge in [0.2, 0.25) is 0 Å². The molecule has 0 aromatic heterocycles. The van der Waals surface area contributed by atoms with Gasteiger partial charge in [-0.1, -0.05) is 36.4 Å². The van der Waals surface area contributed by atoms with E-state index >= 15 is 0 Å². The molecule has 2 heteroatoms. The Morgan fingerprint density at radius 3 is 1.85 bits per heavy atom. The minimum absolute atomic E-state index is 0.537. The van der Waals surface area contributed by atoms with Crippen LogP contribution in [0.2, 0.25) is 0 Å². The van der Waals surface area contributed by atoms with Crippen LogP contribution in [0, 0.1) is 0 Å². The van der Waals surface area contributed by atoms with Crippen LogP contribution < -0.4 is 0 Å². The molecule has 0 aromatic carbocycles. The van der Waals surface area contributed by atoms with Crippen LogP contribution >= 0.6 is 11.6 Å². The molecule has 76 valence electrons. The van der Waals surface area contributed by atoms with Gasteiger partial charge in [-0.2, -0.15) is 0 Å². The number of rotatable bonds is 3. The van der Waals surface area contributed by atoms with Gasteiger partial charge in [0.25, 0.3) is 0 Å². The fourth-order valence-corrected chi connectivity index (χ4v) is 0.311. The lowest BCUT2D eigenvalue weighted by molar-refractivity contribution is 0.226. The molecule has 0 amide bonds. The largest absolute Gasteiger partial charge is 0.380 e. The van der Waals surface area contributed by atoms with Crippen molar-refractivity contribution in [1.82, 2.24) is 0 Å². The van der Waals surface area contributed by atoms with Gasteiger partial charge in [-0.25, -0.2) is 0 Å². The third-order valence-corrected chi connectivity index (χ3v) is 1.65. The summed E-state index contributed by atoms with van der Waals surface area (Å²) in [7, 11) is 1.70. The SMILES string of the molecule is C/C=C(\C)COC.C=C(C)C(=C)Cl. The predicted octanol–water partition coefficient (Wildman–Crippen LogP) is 3.91. The highest BCUT2D eigenvalue weighted by atomic mass is 35.5. The average Bonchev–Trinajstić information content (AvgIpc) is 2.05. The maximum atomic E-state index is 5.32. The molecule has 0 fully saturated rings. The summed E-state index contributed by atoms with van der Waals surface area (Å²) >= 11 is 5.32. The maximum Gasteiger partial charge on any atom is 0.0670 e. The van der Waals surface area contributed by atoms with Crippen LogP contribution in [0.15, 0.2) is 35.4 Å². The van der Waals surface area contributed by atoms with E-state index in [1.807, 2.05) is 26.8 Å². The van der Waals surface area contributed by atoms with Crippen LogP contribution in [0.3, 0.4) is 0 Å². The summed E-state index contributed by atoms with van der Waals surface area (Å²) in [6, 6.07) is 0. The van der Waals surface area contributed by atoms with E-state index in [4.69, 9.17) is 16.3 Å². The van der Waals surface area contributed by atoms with Gasteiger partial charge in [0, 0.05) is 12.1 Å². The smallest absolute Gasteiger partial charge is 0.0670 e. The minimum Gasteiger partial charge on any atom is -0.380 e. The van der Waals surface area contributed by atoms with Crippen molar-refractivity contribution in [2.75, 3.05) is 13.7 Å². The van der Waals surface area contributed by atoms with E-state index in [0.717, 1.165) is 12.2 Å². The van der Waals surface area contributed by atoms with Crippen LogP contribution in [0.25, 0.3) is 0 Å². The second-order valence-electron chi connectivity index (χ2n) is 2.75. The zero-order valence-electron chi connectivity index (χ0n) is 8.98. The molecular weight excluding hydrogens is 184 g/mol. The number of hydrogen-bond acceptors (Lipinski definition) is 1. The Bertz CT molecular complexity index is 180. The molecule has 0 rings (SSSR count). The molecule has 0 aliphatic rings. The second-order valence-corrected chi connectivity index (χ2v) is 3.21. The predicted molar refractivity (Wildman–Crippen MR) is 61.1 cm³/mol. The Labute approximate surface area is 86.7 Å². The minimum atomic E-state index is 0.537. The summed E-state index contributed by atoms with van der Waals surface area (Å²) < 4.78 is 4.83. The number of ether oxygens (including phenoxy) is 1. The van der Waals surface area contributed by atoms with E-state index in [0.29, 0.717) is 5.03 Å². The maximum absolute atomic E-state index is 5.32. The molecule has 0 radical (unpaired) electrons. The van der Waals surface area contributed by atoms with E-state index in [1.165, 1.54) is 5.57 Å². The molecule has 0 bridgehead atoms. The summed E-state index contributed by atoms with van der Waals surface area (Å²) in [6.07, 6.45) is 2.05. The van der Waals surface area contributed by atoms with Crippen molar-refractivity contribution in [1.29, 1.82) is 0 Å². The molecule has 0 saturated heterocycles. The summed E-state index contributed by atoms with van der Waals surface area (Å²) in [5.41, 5.74) is 2.11. The fourth-order valence-electron chi connectivity index (χ4n) is 0.311. The molecule has 0 unspecified atom stereocenters. The zero-order valence-corrected chi connectivity index (χ0v) is 9.74. The molecule has 0 N–H and O–H groups in total. The fraction of sp³-hybridized carbons (Fsp3) is 0.455. The van der Waals surface area contributed by atoms with Gasteiger partial charge < -0.3 is 4.74 Å². The van der Waals surface area contributed by atoms with Crippen molar-refractivity contribution in [3.63, 3.8) is 0 Å². The first kappa shape index (κ1) is 15.0. The Morgan fingerprint density at radius 1 is 1.38 bits per heavy atom. The Morgan fingerprint density at radius 2 is 1.77 bits per heavy atom. The van der Waals surface area contributed by atoms with Gasteiger partial charge in [0.15, 0.2) is 0 Å². The van der Waals surface area contributed by atoms with Crippen molar-refractivity contribution in [2.45, 2.75) is 20.8 Å². The quantitative estimate of drug-likeness (QED) is 0.498. The van der Waals surface area contributed by atoms with E-state index in [1.54, 1.807) is 7.11 Å². The summed E-state index contributed by atoms with van der Waals surface area (Å²) in [4.78, 5) is 0. The highest BCUT2D eigenvalue weighted by molar-refractivity contribution is 6.31. The molecule has 0 atom stereocenters. The summed E-state index contributed by atoms with van der Waals surface area (Å²) in [5, 5.41) is 0.537. The Hall–Kier alpha value is -0.530. The lowest BCUT2D eigenvalue weighted by atomic mass is 10.3. The van der Waals surface area contributed by atoms with E-state index in [9.17, 15) is 0 Å². The Balaban J connectivity index is 0. The van der Waals surface area contributed by atoms with Crippen LogP contribution in [0.5, 0.6) is 0 Å². The first-order chi connectivity index (χ1) is 5.95. The third-order valence-electron chi connectivity index (χ3n) is 1.33. The van der Waals surface area contributed by atoms with Crippen LogP contribution in [-0.4, -0.2) is 13.7 Å². The highest BCUT2D eigenvalue weighted by Crippen LogP contribution is 2.06. The van der Waals surface area contributed by atoms with Gasteiger partial charge in [-0.05, 0) is 26.3 Å². The van der Waals surface area contributed by atoms with Gasteiger partial charge in [-0.15, -0.1) is 0 Å². The van der Waals surface area contributed by atoms with Gasteiger partial charge in [-0.3, -0.25) is 0 Å². The monoisotopic (exact) mass is 202 g/mol. The molecule has 0 saturated carbocycles. The summed E-state index contributed by atoms with van der Waals surface area (Å²) in [5.74, 6) is 0. The van der Waals surface area contributed by atoms with Crippen molar-refractivity contribution < 1.29 is 4.74 Å². The lowest BCUT2D eigenvalue weighted by Gasteiger charge is -1.93. The van der Waals surface area contributed by atoms with Crippen molar-refractivity contribution >= 4 is 11.6 Å². The standard InChI is InChI=1S/C6H12O.C5H7Cl/c1-4-6(2)5-7-3;1-4(2)5(3)6/h4H,5H2,1-3H3;1,3H2,2H3/b6-4+;. The first-order valence-corrected chi connectivity index (χ1v) is 4.44. The van der Waals surface area contributed by atoms with Crippen molar-refractivity contribution in [3.8, 4) is 0 Å².